The molecule has 0 amide bonds. The van der Waals surface area contributed by atoms with Crippen LogP contribution in [0.1, 0.15) is 17.1 Å². The molecule has 0 radical (unpaired) electrons. The Hall–Kier alpha value is -4.52. The molecule has 1 aliphatic rings. The van der Waals surface area contributed by atoms with Gasteiger partial charge in [0.2, 0.25) is 0 Å². The van der Waals surface area contributed by atoms with Crippen molar-refractivity contribution in [2.24, 2.45) is 0 Å². The highest BCUT2D eigenvalue weighted by Gasteiger charge is 2.33. The summed E-state index contributed by atoms with van der Waals surface area (Å²) < 4.78 is 4.40. The fourth-order valence-corrected chi connectivity index (χ4v) is 10.4. The molecule has 9 rings (SSSR count). The number of hydrogen-bond acceptors (Lipinski definition) is 4. The molecule has 8 aromatic rings. The minimum atomic E-state index is -0.172. The first-order valence-electron chi connectivity index (χ1n) is 18.2. The Bertz CT molecular complexity index is 3430. The van der Waals surface area contributed by atoms with Gasteiger partial charge in [-0.3, -0.25) is 19.2 Å². The van der Waals surface area contributed by atoms with Gasteiger partial charge in [0.25, 0.3) is 0 Å². The number of benzene rings is 4. The van der Waals surface area contributed by atoms with E-state index >= 15 is 9.59 Å². The molecule has 4 aromatic carbocycles. The summed E-state index contributed by atoms with van der Waals surface area (Å²) in [5.74, 6) is -0.0688. The van der Waals surface area contributed by atoms with E-state index in [4.69, 9.17) is 0 Å². The molecule has 0 saturated heterocycles. The van der Waals surface area contributed by atoms with Crippen molar-refractivity contribution in [1.29, 1.82) is 0 Å². The lowest BCUT2D eigenvalue weighted by Gasteiger charge is -2.26. The normalized spacial score (nSPS) is 14.8. The molecule has 6 nitrogen and oxygen atoms in total. The smallest absolute Gasteiger partial charge is 0.196 e. The number of hydrogen-bond donors (Lipinski definition) is 0. The van der Waals surface area contributed by atoms with Gasteiger partial charge in [0, 0.05) is 54.5 Å². The molecule has 4 aromatic heterocycles. The summed E-state index contributed by atoms with van der Waals surface area (Å²) in [6.45, 7) is 0. The molecule has 0 N–H and O–H groups in total. The van der Waals surface area contributed by atoms with E-state index in [1.165, 1.54) is 0 Å². The van der Waals surface area contributed by atoms with Crippen LogP contribution in [0.2, 0.25) is 0 Å². The minimum Gasteiger partial charge on any atom is -0.312 e. The molecule has 0 spiro atoms. The van der Waals surface area contributed by atoms with E-state index < -0.39 is 0 Å². The van der Waals surface area contributed by atoms with Gasteiger partial charge in [0.15, 0.2) is 21.7 Å². The Morgan fingerprint density at radius 3 is 1.29 bits per heavy atom. The maximum atomic E-state index is 15.1. The number of pyridine rings is 4. The SMILES string of the molecule is BC1=C(B)C(B)c2c1c(=O)c1c(B)cc(B)c3c(=O)c4c(B)c5c(=O)c6c(B)cc(B)c7c(=O)c8c(B)c(B)c(B)c(B)c8n(c5c(B)c4n2c13)c76. The van der Waals surface area contributed by atoms with Gasteiger partial charge in [-0.2, -0.15) is 0 Å². The second-order valence-electron chi connectivity index (χ2n) is 15.9. The first kappa shape index (κ1) is 33.3. The van der Waals surface area contributed by atoms with Gasteiger partial charge in [0.1, 0.15) is 102 Å². The molecule has 1 atom stereocenters. The van der Waals surface area contributed by atoms with Crippen LogP contribution in [-0.4, -0.2) is 111 Å². The zero-order chi connectivity index (χ0) is 37.5. The third-order valence-electron chi connectivity index (χ3n) is 13.4. The molecule has 4 heterocycles. The predicted molar refractivity (Wildman–Crippen MR) is 260 cm³/mol. The van der Waals surface area contributed by atoms with Crippen LogP contribution in [0.25, 0.3) is 70.8 Å². The maximum Gasteiger partial charge on any atom is 0.196 e. The lowest BCUT2D eigenvalue weighted by molar-refractivity contribution is 1.04. The molecule has 234 valence electrons. The number of aromatic nitrogens is 2. The van der Waals surface area contributed by atoms with Gasteiger partial charge in [-0.15, -0.1) is 10.9 Å². The van der Waals surface area contributed by atoms with Crippen molar-refractivity contribution in [3.63, 3.8) is 0 Å². The van der Waals surface area contributed by atoms with E-state index in [1.54, 1.807) is 0 Å². The van der Waals surface area contributed by atoms with Crippen LogP contribution in [0.5, 0.6) is 0 Å². The van der Waals surface area contributed by atoms with Crippen molar-refractivity contribution in [1.82, 2.24) is 8.80 Å². The van der Waals surface area contributed by atoms with Crippen molar-refractivity contribution in [3.05, 3.63) is 69.8 Å². The average Bonchev–Trinajstić information content (AvgIpc) is 3.30. The van der Waals surface area contributed by atoms with Crippen LogP contribution in [0.15, 0.2) is 36.8 Å². The number of nitrogens with zero attached hydrogens (tertiary/aromatic N) is 2. The Morgan fingerprint density at radius 2 is 0.788 bits per heavy atom. The zero-order valence-electron chi connectivity index (χ0n) is 32.3. The lowest BCUT2D eigenvalue weighted by atomic mass is 9.65. The van der Waals surface area contributed by atoms with Crippen molar-refractivity contribution >= 4 is 227 Å². The molecule has 1 aliphatic carbocycles. The number of allylic oxidation sites excluding steroid dienone is 1. The summed E-state index contributed by atoms with van der Waals surface area (Å²) in [5.41, 5.74) is 15.5. The Labute approximate surface area is 310 Å². The van der Waals surface area contributed by atoms with E-state index in [0.29, 0.717) is 70.8 Å². The molecule has 0 saturated carbocycles. The van der Waals surface area contributed by atoms with Crippen LogP contribution in [0.3, 0.4) is 0 Å². The first-order chi connectivity index (χ1) is 24.4. The Morgan fingerprint density at radius 1 is 0.404 bits per heavy atom. The third kappa shape index (κ3) is 3.54. The first-order valence-corrected chi connectivity index (χ1v) is 18.2. The van der Waals surface area contributed by atoms with Gasteiger partial charge in [0.05, 0.1) is 22.1 Å². The molecular weight excluding hydrogens is 629 g/mol. The van der Waals surface area contributed by atoms with E-state index in [1.807, 2.05) is 74.9 Å². The summed E-state index contributed by atoms with van der Waals surface area (Å²) in [5, 5.41) is 3.80. The summed E-state index contributed by atoms with van der Waals surface area (Å²) in [6.07, 6.45) is 0. The molecule has 0 aliphatic heterocycles. The quantitative estimate of drug-likeness (QED) is 0.0923. The highest BCUT2D eigenvalue weighted by atomic mass is 16.1. The fraction of sp³-hybridized carbons (Fsp3) is 0.0303. The average molecular weight is 658 g/mol. The summed E-state index contributed by atoms with van der Waals surface area (Å²) in [4.78, 5) is 59.5. The van der Waals surface area contributed by atoms with E-state index in [2.05, 4.69) is 48.0 Å². The van der Waals surface area contributed by atoms with Crippen molar-refractivity contribution in [3.8, 4) is 0 Å². The fourth-order valence-electron chi connectivity index (χ4n) is 10.4. The third-order valence-corrected chi connectivity index (χ3v) is 13.4. The van der Waals surface area contributed by atoms with Gasteiger partial charge in [-0.25, -0.2) is 0 Å². The molecule has 52 heavy (non-hydrogen) atoms. The molecule has 1 unspecified atom stereocenters. The Balaban J connectivity index is 1.77. The standard InChI is InChI=1S/C33H29B13N2O4/c34-3-2-6(37)10-24-7(3)30(49)11-15(38)12-29(23(46)28(11)47(24)26-14(33(10)52)17(40)19(42)21(26)44)48-25-8(31(12)50)4(35)1-5(36)9(25)32(51)13-16(39)18(41)20(43)22(45)27(13)48/h1-2,21H,34-46H2. The highest BCUT2D eigenvalue weighted by molar-refractivity contribution is 6.67. The number of fused-ring (bicyclic) bond motifs is 8. The molecule has 19 heteroatoms. The largest absolute Gasteiger partial charge is 0.312 e. The van der Waals surface area contributed by atoms with Crippen molar-refractivity contribution in [2.45, 2.75) is 5.82 Å². The predicted octanol–water partition coefficient (Wildman–Crippen LogP) is -15.5. The van der Waals surface area contributed by atoms with Gasteiger partial charge < -0.3 is 8.80 Å². The van der Waals surface area contributed by atoms with E-state index in [0.717, 1.165) is 71.3 Å². The second-order valence-corrected chi connectivity index (χ2v) is 15.9. The van der Waals surface area contributed by atoms with Gasteiger partial charge >= 0.3 is 0 Å². The van der Waals surface area contributed by atoms with Gasteiger partial charge in [-0.05, 0) is 11.3 Å². The van der Waals surface area contributed by atoms with E-state index in [-0.39, 0.29) is 27.5 Å². The second kappa shape index (κ2) is 10.3. The van der Waals surface area contributed by atoms with Crippen LogP contribution >= 0.6 is 0 Å². The van der Waals surface area contributed by atoms with Crippen molar-refractivity contribution < 1.29 is 0 Å². The monoisotopic (exact) mass is 660 g/mol. The maximum absolute atomic E-state index is 15.1. The zero-order valence-corrected chi connectivity index (χ0v) is 32.3. The summed E-state index contributed by atoms with van der Waals surface area (Å²) >= 11 is 0. The van der Waals surface area contributed by atoms with Crippen LogP contribution < -0.4 is 76.3 Å². The van der Waals surface area contributed by atoms with Crippen LogP contribution in [0, 0.1) is 0 Å². The highest BCUT2D eigenvalue weighted by Crippen LogP contribution is 2.38. The van der Waals surface area contributed by atoms with E-state index in [9.17, 15) is 9.59 Å². The topological polar surface area (TPSA) is 77.1 Å². The minimum absolute atomic E-state index is 0.0371. The molecular formula is C33H29B13N2O4. The van der Waals surface area contributed by atoms with Gasteiger partial charge in [-0.1, -0.05) is 61.3 Å². The van der Waals surface area contributed by atoms with Crippen molar-refractivity contribution in [2.75, 3.05) is 0 Å². The van der Waals surface area contributed by atoms with Crippen LogP contribution in [0.4, 0.5) is 0 Å². The molecule has 0 fully saturated rings. The lowest BCUT2D eigenvalue weighted by Crippen LogP contribution is -2.50. The van der Waals surface area contributed by atoms with Crippen LogP contribution in [-0.2, 0) is 0 Å². The summed E-state index contributed by atoms with van der Waals surface area (Å²) in [6, 6.07) is 3.91. The number of rotatable bonds is 0. The molecule has 0 bridgehead atoms. The Kier molecular flexibility index (Phi) is 6.62. The summed E-state index contributed by atoms with van der Waals surface area (Å²) in [7, 11) is 26.2.